The van der Waals surface area contributed by atoms with Crippen molar-refractivity contribution in [1.82, 2.24) is 0 Å². The molecule has 1 aliphatic heterocycles. The molecular weight excluding hydrogens is 400 g/mol. The van der Waals surface area contributed by atoms with E-state index in [9.17, 15) is 18.7 Å². The maximum Gasteiger partial charge on any atom is 0.261 e. The van der Waals surface area contributed by atoms with Crippen molar-refractivity contribution in [3.63, 3.8) is 0 Å². The van der Waals surface area contributed by atoms with Gasteiger partial charge in [0.05, 0.1) is 6.61 Å². The Hall–Kier alpha value is -3.25. The first-order valence-electron chi connectivity index (χ1n) is 10.1. The number of aliphatic hydroxyl groups excluding tert-OH is 1. The number of benzene rings is 3. The molecule has 4 nitrogen and oxygen atoms in total. The lowest BCUT2D eigenvalue weighted by molar-refractivity contribution is 0.00755. The fourth-order valence-electron chi connectivity index (χ4n) is 3.85. The zero-order chi connectivity index (χ0) is 22.2. The Morgan fingerprint density at radius 2 is 1.77 bits per heavy atom. The van der Waals surface area contributed by atoms with Gasteiger partial charge in [-0.25, -0.2) is 8.78 Å². The van der Waals surface area contributed by atoms with Crippen molar-refractivity contribution in [2.24, 2.45) is 0 Å². The topological polar surface area (TPSA) is 58.6 Å². The van der Waals surface area contributed by atoms with Crippen molar-refractivity contribution in [3.8, 4) is 16.9 Å². The molecule has 31 heavy (non-hydrogen) atoms. The summed E-state index contributed by atoms with van der Waals surface area (Å²) >= 11 is 0. The number of hydrogen-bond donors (Lipinski definition) is 2. The lowest BCUT2D eigenvalue weighted by Gasteiger charge is -2.35. The fraction of sp³-hybridized carbons (Fsp3) is 0.240. The predicted molar refractivity (Wildman–Crippen MR) is 115 cm³/mol. The Bertz CT molecular complexity index is 1120. The smallest absolute Gasteiger partial charge is 0.261 e. The van der Waals surface area contributed by atoms with Gasteiger partial charge in [-0.2, -0.15) is 0 Å². The number of anilines is 1. The number of fused-ring (bicyclic) bond motifs is 1. The molecule has 0 radical (unpaired) electrons. The van der Waals surface area contributed by atoms with Gasteiger partial charge < -0.3 is 15.2 Å². The molecule has 0 aromatic heterocycles. The summed E-state index contributed by atoms with van der Waals surface area (Å²) in [6.45, 7) is 3.83. The molecule has 0 saturated heterocycles. The number of carbonyl (C=O) groups is 1. The number of halogens is 2. The fourth-order valence-corrected chi connectivity index (χ4v) is 3.85. The summed E-state index contributed by atoms with van der Waals surface area (Å²) in [4.78, 5) is 12.3. The van der Waals surface area contributed by atoms with E-state index in [4.69, 9.17) is 4.74 Å². The molecule has 160 valence electrons. The Morgan fingerprint density at radius 1 is 1.10 bits per heavy atom. The van der Waals surface area contributed by atoms with Crippen molar-refractivity contribution in [1.29, 1.82) is 0 Å². The van der Waals surface area contributed by atoms with Crippen molar-refractivity contribution in [3.05, 3.63) is 82.9 Å². The first-order valence-corrected chi connectivity index (χ1v) is 10.1. The molecule has 0 spiro atoms. The van der Waals surface area contributed by atoms with E-state index >= 15 is 0 Å². The van der Waals surface area contributed by atoms with E-state index in [2.05, 4.69) is 5.32 Å². The van der Waals surface area contributed by atoms with Gasteiger partial charge in [0.2, 0.25) is 0 Å². The molecule has 1 aliphatic rings. The monoisotopic (exact) mass is 423 g/mol. The van der Waals surface area contributed by atoms with Gasteiger partial charge in [-0.15, -0.1) is 0 Å². The molecular formula is C25H23F2NO3. The quantitative estimate of drug-likeness (QED) is 0.601. The summed E-state index contributed by atoms with van der Waals surface area (Å²) in [5, 5.41) is 12.2. The maximum atomic E-state index is 13.8. The van der Waals surface area contributed by atoms with Crippen LogP contribution in [0.2, 0.25) is 0 Å². The van der Waals surface area contributed by atoms with Crippen LogP contribution in [0.4, 0.5) is 14.5 Å². The number of rotatable bonds is 4. The maximum absolute atomic E-state index is 13.8. The third-order valence-corrected chi connectivity index (χ3v) is 5.74. The van der Waals surface area contributed by atoms with Gasteiger partial charge in [0.25, 0.3) is 5.91 Å². The number of hydrogen-bond acceptors (Lipinski definition) is 3. The van der Waals surface area contributed by atoms with Crippen LogP contribution in [0.5, 0.6) is 5.75 Å². The van der Waals surface area contributed by atoms with Gasteiger partial charge in [-0.3, -0.25) is 4.79 Å². The van der Waals surface area contributed by atoms with E-state index in [1.54, 1.807) is 12.1 Å². The lowest BCUT2D eigenvalue weighted by Crippen LogP contribution is -2.40. The van der Waals surface area contributed by atoms with Crippen LogP contribution in [-0.2, 0) is 6.42 Å². The van der Waals surface area contributed by atoms with Gasteiger partial charge in [0.15, 0.2) is 0 Å². The van der Waals surface area contributed by atoms with Crippen LogP contribution in [0.3, 0.4) is 0 Å². The molecule has 1 amide bonds. The largest absolute Gasteiger partial charge is 0.485 e. The highest BCUT2D eigenvalue weighted by Crippen LogP contribution is 2.40. The normalized spacial score (nSPS) is 17.6. The zero-order valence-corrected chi connectivity index (χ0v) is 17.3. The van der Waals surface area contributed by atoms with Gasteiger partial charge in [0, 0.05) is 5.69 Å². The predicted octanol–water partition coefficient (Wildman–Crippen LogP) is 5.27. The number of aliphatic hydroxyl groups is 1. The van der Waals surface area contributed by atoms with E-state index in [-0.39, 0.29) is 6.61 Å². The highest BCUT2D eigenvalue weighted by molar-refractivity contribution is 6.04. The molecule has 1 atom stereocenters. The van der Waals surface area contributed by atoms with E-state index in [1.807, 2.05) is 38.1 Å². The number of amides is 1. The molecule has 0 saturated carbocycles. The van der Waals surface area contributed by atoms with Crippen LogP contribution in [0, 0.1) is 18.6 Å². The Kier molecular flexibility index (Phi) is 5.50. The minimum absolute atomic E-state index is 0.0485. The van der Waals surface area contributed by atoms with Gasteiger partial charge >= 0.3 is 0 Å². The summed E-state index contributed by atoms with van der Waals surface area (Å²) in [7, 11) is 0. The minimum atomic E-state index is -0.909. The van der Waals surface area contributed by atoms with Crippen LogP contribution in [0.1, 0.15) is 34.8 Å². The molecule has 0 fully saturated rings. The SMILES string of the molecule is Cc1c(-c2ccc(NC(=O)c3c(F)cccc3F)cc2)ccc2c1OC(C)(CO)CC2. The van der Waals surface area contributed by atoms with Gasteiger partial charge in [-0.05, 0) is 73.2 Å². The van der Waals surface area contributed by atoms with E-state index in [0.29, 0.717) is 5.69 Å². The van der Waals surface area contributed by atoms with Crippen molar-refractivity contribution < 1.29 is 23.4 Å². The highest BCUT2D eigenvalue weighted by Gasteiger charge is 2.32. The molecule has 0 aliphatic carbocycles. The second-order valence-electron chi connectivity index (χ2n) is 8.06. The van der Waals surface area contributed by atoms with Crippen LogP contribution in [-0.4, -0.2) is 23.2 Å². The van der Waals surface area contributed by atoms with Crippen LogP contribution < -0.4 is 10.1 Å². The number of carbonyl (C=O) groups excluding carboxylic acids is 1. The molecule has 1 heterocycles. The molecule has 1 unspecified atom stereocenters. The summed E-state index contributed by atoms with van der Waals surface area (Å²) in [5.41, 5.74) is 3.20. The Labute approximate surface area is 179 Å². The van der Waals surface area contributed by atoms with Gasteiger partial charge in [-0.1, -0.05) is 30.3 Å². The van der Waals surface area contributed by atoms with Gasteiger partial charge in [0.1, 0.15) is 28.5 Å². The third kappa shape index (κ3) is 4.03. The molecule has 6 heteroatoms. The second kappa shape index (κ2) is 8.12. The van der Waals surface area contributed by atoms with Crippen molar-refractivity contribution in [2.45, 2.75) is 32.3 Å². The summed E-state index contributed by atoms with van der Waals surface area (Å²) < 4.78 is 33.8. The highest BCUT2D eigenvalue weighted by atomic mass is 19.1. The van der Waals surface area contributed by atoms with E-state index < -0.39 is 28.7 Å². The first-order chi connectivity index (χ1) is 14.8. The third-order valence-electron chi connectivity index (χ3n) is 5.74. The zero-order valence-electron chi connectivity index (χ0n) is 17.3. The Balaban J connectivity index is 1.58. The minimum Gasteiger partial charge on any atom is -0.485 e. The molecule has 3 aromatic carbocycles. The van der Waals surface area contributed by atoms with Crippen molar-refractivity contribution >= 4 is 11.6 Å². The molecule has 4 rings (SSSR count). The standard InChI is InChI=1S/C25H23F2NO3/c1-15-19(11-8-17-12-13-25(2,14-29)31-23(15)17)16-6-9-18(10-7-16)28-24(30)22-20(26)4-3-5-21(22)27/h3-11,29H,12-14H2,1-2H3,(H,28,30). The van der Waals surface area contributed by atoms with E-state index in [1.165, 1.54) is 6.07 Å². The average molecular weight is 423 g/mol. The van der Waals surface area contributed by atoms with E-state index in [0.717, 1.165) is 53.0 Å². The molecule has 2 N–H and O–H groups in total. The number of aryl methyl sites for hydroxylation is 1. The second-order valence-corrected chi connectivity index (χ2v) is 8.06. The van der Waals surface area contributed by atoms with Crippen LogP contribution in [0.15, 0.2) is 54.6 Å². The van der Waals surface area contributed by atoms with Crippen molar-refractivity contribution in [2.75, 3.05) is 11.9 Å². The summed E-state index contributed by atoms with van der Waals surface area (Å²) in [6.07, 6.45) is 1.59. The summed E-state index contributed by atoms with van der Waals surface area (Å²) in [6, 6.07) is 14.4. The van der Waals surface area contributed by atoms with Crippen LogP contribution >= 0.6 is 0 Å². The van der Waals surface area contributed by atoms with Crippen LogP contribution in [0.25, 0.3) is 11.1 Å². The first kappa shape index (κ1) is 21.0. The number of ether oxygens (including phenoxy) is 1. The number of nitrogens with one attached hydrogen (secondary N) is 1. The molecule has 3 aromatic rings. The average Bonchev–Trinajstić information content (AvgIpc) is 2.75. The molecule has 0 bridgehead atoms. The lowest BCUT2D eigenvalue weighted by atomic mass is 9.89. The summed E-state index contributed by atoms with van der Waals surface area (Å²) in [5.74, 6) is -1.86. The Morgan fingerprint density at radius 3 is 2.42 bits per heavy atom.